The number of hydrogen-bond donors (Lipinski definition) is 2. The van der Waals surface area contributed by atoms with Crippen LogP contribution in [0.2, 0.25) is 0 Å². The van der Waals surface area contributed by atoms with Crippen molar-refractivity contribution in [2.24, 2.45) is 0 Å². The third-order valence-electron chi connectivity index (χ3n) is 5.24. The molecule has 3 N–H and O–H groups in total. The number of aromatic nitrogens is 4. The second-order valence-corrected chi connectivity index (χ2v) is 8.86. The molecule has 31 heavy (non-hydrogen) atoms. The van der Waals surface area contributed by atoms with Gasteiger partial charge in [0.25, 0.3) is 0 Å². The minimum atomic E-state index is -0.846. The molecule has 0 amide bonds. The zero-order valence-corrected chi connectivity index (χ0v) is 18.5. The number of nitrogens with zero attached hydrogens (tertiary/aromatic N) is 4. The number of aryl methyl sites for hydroxylation is 2. The number of halogens is 1. The number of nitrogens with one attached hydrogen (secondary N) is 1. The quantitative estimate of drug-likeness (QED) is 0.460. The molecular formula is C22H29FN6O2. The van der Waals surface area contributed by atoms with Crippen LogP contribution in [0, 0.1) is 13.0 Å². The monoisotopic (exact) mass is 428 g/mol. The average Bonchev–Trinajstić information content (AvgIpc) is 3.02. The Morgan fingerprint density at radius 1 is 1.13 bits per heavy atom. The van der Waals surface area contributed by atoms with Gasteiger partial charge in [-0.25, -0.2) is 4.98 Å². The largest absolute Gasteiger partial charge is 0.486 e. The van der Waals surface area contributed by atoms with E-state index in [4.69, 9.17) is 15.2 Å². The van der Waals surface area contributed by atoms with Gasteiger partial charge < -0.3 is 25.1 Å². The van der Waals surface area contributed by atoms with Crippen molar-refractivity contribution in [2.75, 3.05) is 25.5 Å². The number of anilines is 1. The first kappa shape index (κ1) is 21.3. The Bertz CT molecular complexity index is 1110. The fraction of sp³-hybridized carbons (Fsp3) is 0.500. The maximum atomic E-state index is 13.9. The molecule has 8 nitrogen and oxygen atoms in total. The minimum Gasteiger partial charge on any atom is -0.486 e. The van der Waals surface area contributed by atoms with Gasteiger partial charge in [-0.3, -0.25) is 0 Å². The number of ether oxygens (including phenoxy) is 2. The molecule has 0 aliphatic carbocycles. The van der Waals surface area contributed by atoms with Crippen molar-refractivity contribution < 1.29 is 13.9 Å². The van der Waals surface area contributed by atoms with Gasteiger partial charge in [0.05, 0.1) is 0 Å². The molecule has 9 heteroatoms. The summed E-state index contributed by atoms with van der Waals surface area (Å²) in [7, 11) is 0. The molecule has 0 saturated heterocycles. The van der Waals surface area contributed by atoms with Gasteiger partial charge in [-0.15, -0.1) is 0 Å². The molecule has 3 heterocycles. The Morgan fingerprint density at radius 2 is 1.84 bits per heavy atom. The van der Waals surface area contributed by atoms with Gasteiger partial charge >= 0.3 is 6.08 Å². The van der Waals surface area contributed by atoms with Crippen LogP contribution in [-0.4, -0.2) is 44.8 Å². The predicted molar refractivity (Wildman–Crippen MR) is 117 cm³/mol. The molecule has 1 aromatic carbocycles. The summed E-state index contributed by atoms with van der Waals surface area (Å²) in [5.74, 6) is 2.30. The highest BCUT2D eigenvalue weighted by Gasteiger charge is 2.20. The third-order valence-corrected chi connectivity index (χ3v) is 5.24. The molecule has 1 aliphatic heterocycles. The van der Waals surface area contributed by atoms with Crippen molar-refractivity contribution in [2.45, 2.75) is 52.6 Å². The first-order valence-corrected chi connectivity index (χ1v) is 10.5. The third kappa shape index (κ3) is 4.71. The van der Waals surface area contributed by atoms with Crippen LogP contribution in [0.15, 0.2) is 12.1 Å². The second-order valence-electron chi connectivity index (χ2n) is 8.86. The first-order valence-electron chi connectivity index (χ1n) is 10.5. The Morgan fingerprint density at radius 3 is 2.55 bits per heavy atom. The van der Waals surface area contributed by atoms with E-state index in [9.17, 15) is 4.39 Å². The fourth-order valence-corrected chi connectivity index (χ4v) is 3.70. The number of nitrogen functional groups attached to an aromatic ring is 1. The molecule has 1 aliphatic rings. The zero-order valence-electron chi connectivity index (χ0n) is 18.5. The number of rotatable bonds is 6. The van der Waals surface area contributed by atoms with Gasteiger partial charge in [-0.05, 0) is 63.9 Å². The van der Waals surface area contributed by atoms with Gasteiger partial charge in [0, 0.05) is 18.5 Å². The molecule has 0 spiro atoms. The van der Waals surface area contributed by atoms with Crippen LogP contribution in [0.25, 0.3) is 11.2 Å². The van der Waals surface area contributed by atoms with Crippen LogP contribution < -0.4 is 20.5 Å². The lowest BCUT2D eigenvalue weighted by Crippen LogP contribution is -2.36. The molecule has 3 aromatic rings. The van der Waals surface area contributed by atoms with Crippen LogP contribution in [0.4, 0.5) is 10.2 Å². The average molecular weight is 429 g/mol. The predicted octanol–water partition coefficient (Wildman–Crippen LogP) is 3.00. The molecular weight excluding hydrogens is 399 g/mol. The number of hydrogen-bond acceptors (Lipinski definition) is 7. The topological polar surface area (TPSA) is 100 Å². The highest BCUT2D eigenvalue weighted by atomic mass is 19.1. The zero-order chi connectivity index (χ0) is 22.2. The number of nitrogens with two attached hydrogens (primary N) is 1. The van der Waals surface area contributed by atoms with Crippen molar-refractivity contribution in [1.29, 1.82) is 0 Å². The Balaban J connectivity index is 1.67. The fourth-order valence-electron chi connectivity index (χ4n) is 3.70. The highest BCUT2D eigenvalue weighted by molar-refractivity contribution is 5.82. The Labute approximate surface area is 181 Å². The minimum absolute atomic E-state index is 0.0286. The van der Waals surface area contributed by atoms with Crippen LogP contribution in [0.1, 0.15) is 44.1 Å². The van der Waals surface area contributed by atoms with Gasteiger partial charge in [0.15, 0.2) is 28.5 Å². The normalized spacial score (nSPS) is 13.7. The summed E-state index contributed by atoms with van der Waals surface area (Å²) in [5, 5.41) is 3.47. The molecule has 0 fully saturated rings. The molecule has 2 aromatic heterocycles. The molecule has 4 rings (SSSR count). The summed E-state index contributed by atoms with van der Waals surface area (Å²) < 4.78 is 27.3. The number of fused-ring (bicyclic) bond motifs is 2. The van der Waals surface area contributed by atoms with Crippen LogP contribution in [-0.2, 0) is 13.0 Å². The lowest BCUT2D eigenvalue weighted by molar-refractivity contribution is 0.171. The van der Waals surface area contributed by atoms with E-state index < -0.39 is 6.08 Å². The summed E-state index contributed by atoms with van der Waals surface area (Å²) in [5.41, 5.74) is 8.95. The lowest BCUT2D eigenvalue weighted by atomic mass is 10.0. The summed E-state index contributed by atoms with van der Waals surface area (Å²) in [4.78, 5) is 12.3. The number of imidazole rings is 1. The van der Waals surface area contributed by atoms with Gasteiger partial charge in [0.2, 0.25) is 0 Å². The maximum absolute atomic E-state index is 13.9. The second kappa shape index (κ2) is 8.30. The first-order chi connectivity index (χ1) is 14.7. The Hall–Kier alpha value is -2.94. The van der Waals surface area contributed by atoms with Crippen molar-refractivity contribution in [3.63, 3.8) is 0 Å². The van der Waals surface area contributed by atoms with Crippen LogP contribution >= 0.6 is 0 Å². The summed E-state index contributed by atoms with van der Waals surface area (Å²) in [6, 6.07) is 3.97. The molecule has 0 bridgehead atoms. The molecule has 166 valence electrons. The standard InChI is InChI=1S/C22H29FN6O2/c1-13-10-15-16(31-9-8-30-15)11-14(13)12-17-26-18-19(24)27-21(23)28-20(18)29(17)7-5-6-25-22(2,3)4/h10-11,25H,5-9,12H2,1-4H3,(H2,24,27,28). The van der Waals surface area contributed by atoms with Crippen molar-refractivity contribution in [3.8, 4) is 11.5 Å². The van der Waals surface area contributed by atoms with Crippen molar-refractivity contribution in [3.05, 3.63) is 35.2 Å². The molecule has 0 radical (unpaired) electrons. The Kier molecular flexibility index (Phi) is 5.70. The smallest absolute Gasteiger partial charge is 0.312 e. The molecule has 0 saturated carbocycles. The van der Waals surface area contributed by atoms with E-state index in [0.717, 1.165) is 41.4 Å². The molecule has 0 atom stereocenters. The highest BCUT2D eigenvalue weighted by Crippen LogP contribution is 2.34. The summed E-state index contributed by atoms with van der Waals surface area (Å²) in [6.45, 7) is 10.9. The van der Waals surface area contributed by atoms with Crippen LogP contribution in [0.3, 0.4) is 0 Å². The SMILES string of the molecule is Cc1cc2c(cc1Cc1nc3c(N)nc(F)nc3n1CCCNC(C)(C)C)OCCO2. The van der Waals surface area contributed by atoms with E-state index >= 15 is 0 Å². The van der Waals surface area contributed by atoms with E-state index in [2.05, 4.69) is 41.0 Å². The summed E-state index contributed by atoms with van der Waals surface area (Å²) >= 11 is 0. The van der Waals surface area contributed by atoms with E-state index in [-0.39, 0.29) is 11.4 Å². The van der Waals surface area contributed by atoms with E-state index in [1.165, 1.54) is 0 Å². The van der Waals surface area contributed by atoms with Crippen molar-refractivity contribution >= 4 is 17.0 Å². The van der Waals surface area contributed by atoms with E-state index in [1.807, 2.05) is 23.6 Å². The van der Waals surface area contributed by atoms with Crippen LogP contribution in [0.5, 0.6) is 11.5 Å². The van der Waals surface area contributed by atoms with Gasteiger partial charge in [-0.1, -0.05) is 0 Å². The maximum Gasteiger partial charge on any atom is 0.312 e. The van der Waals surface area contributed by atoms with Gasteiger partial charge in [-0.2, -0.15) is 14.4 Å². The lowest BCUT2D eigenvalue weighted by Gasteiger charge is -2.21. The molecule has 0 unspecified atom stereocenters. The van der Waals surface area contributed by atoms with E-state index in [1.54, 1.807) is 0 Å². The van der Waals surface area contributed by atoms with E-state index in [0.29, 0.717) is 37.3 Å². The van der Waals surface area contributed by atoms with Gasteiger partial charge in [0.1, 0.15) is 19.0 Å². The van der Waals surface area contributed by atoms with Crippen molar-refractivity contribution in [1.82, 2.24) is 24.8 Å². The number of benzene rings is 1. The summed E-state index contributed by atoms with van der Waals surface area (Å²) in [6.07, 6.45) is 0.523.